The van der Waals surface area contributed by atoms with Crippen LogP contribution in [0, 0.1) is 0 Å². The molecule has 1 aliphatic heterocycles. The van der Waals surface area contributed by atoms with E-state index in [-0.39, 0.29) is 30.8 Å². The predicted octanol–water partition coefficient (Wildman–Crippen LogP) is 0.582. The Labute approximate surface area is 115 Å². The van der Waals surface area contributed by atoms with E-state index in [4.69, 9.17) is 0 Å². The molecule has 5 nitrogen and oxygen atoms in total. The maximum atomic E-state index is 11.9. The molecule has 0 atom stereocenters. The third-order valence-corrected chi connectivity index (χ3v) is 3.32. The van der Waals surface area contributed by atoms with Crippen molar-refractivity contribution in [2.75, 3.05) is 13.1 Å². The molecule has 1 aromatic carbocycles. The lowest BCUT2D eigenvalue weighted by Crippen LogP contribution is -2.38. The fourth-order valence-corrected chi connectivity index (χ4v) is 2.24. The van der Waals surface area contributed by atoms with Crippen LogP contribution in [0.1, 0.15) is 11.1 Å². The molecule has 1 aromatic rings. The lowest BCUT2D eigenvalue weighted by Gasteiger charge is -2.20. The van der Waals surface area contributed by atoms with Gasteiger partial charge in [0.25, 0.3) is 17.7 Å². The van der Waals surface area contributed by atoms with E-state index < -0.39 is 0 Å². The molecule has 1 N–H and O–H groups in total. The molecule has 0 saturated heterocycles. The minimum Gasteiger partial charge on any atom is -0.350 e. The summed E-state index contributed by atoms with van der Waals surface area (Å²) in [7, 11) is 0. The quantitative estimate of drug-likeness (QED) is 0.812. The lowest BCUT2D eigenvalue weighted by atomic mass is 9.88. The Morgan fingerprint density at radius 3 is 2.50 bits per heavy atom. The molecule has 0 spiro atoms. The van der Waals surface area contributed by atoms with Gasteiger partial charge in [0.2, 0.25) is 0 Å². The van der Waals surface area contributed by atoms with Crippen molar-refractivity contribution < 1.29 is 14.4 Å². The maximum Gasteiger partial charge on any atom is 0.253 e. The highest BCUT2D eigenvalue weighted by Crippen LogP contribution is 2.31. The van der Waals surface area contributed by atoms with Gasteiger partial charge in [0.05, 0.1) is 0 Å². The Hall–Kier alpha value is -2.69. The van der Waals surface area contributed by atoms with E-state index in [1.54, 1.807) is 0 Å². The molecule has 0 radical (unpaired) electrons. The third-order valence-electron chi connectivity index (χ3n) is 3.32. The summed E-state index contributed by atoms with van der Waals surface area (Å²) in [5.74, 6) is -0.856. The van der Waals surface area contributed by atoms with E-state index >= 15 is 0 Å². The lowest BCUT2D eigenvalue weighted by molar-refractivity contribution is -0.137. The number of carbonyl (C=O) groups excluding carboxylic acids is 3. The zero-order valence-corrected chi connectivity index (χ0v) is 10.6. The van der Waals surface area contributed by atoms with Gasteiger partial charge in [-0.15, -0.1) is 0 Å². The molecule has 0 saturated carbocycles. The molecule has 3 rings (SSSR count). The van der Waals surface area contributed by atoms with Crippen LogP contribution in [-0.2, 0) is 14.4 Å². The predicted molar refractivity (Wildman–Crippen MR) is 73.2 cm³/mol. The topological polar surface area (TPSA) is 66.5 Å². The minimum absolute atomic E-state index is 0.184. The average molecular weight is 268 g/mol. The summed E-state index contributed by atoms with van der Waals surface area (Å²) in [6.45, 7) is 0.433. The van der Waals surface area contributed by atoms with Crippen molar-refractivity contribution in [3.05, 3.63) is 47.5 Å². The van der Waals surface area contributed by atoms with Gasteiger partial charge in [0.1, 0.15) is 0 Å². The highest BCUT2D eigenvalue weighted by molar-refractivity contribution is 6.29. The first-order chi connectivity index (χ1) is 9.66. The third kappa shape index (κ3) is 2.03. The maximum absolute atomic E-state index is 11.9. The van der Waals surface area contributed by atoms with Crippen LogP contribution >= 0.6 is 0 Å². The van der Waals surface area contributed by atoms with Crippen LogP contribution in [-0.4, -0.2) is 35.7 Å². The molecule has 0 unspecified atom stereocenters. The van der Waals surface area contributed by atoms with Crippen molar-refractivity contribution in [1.82, 2.24) is 10.2 Å². The number of benzene rings is 1. The fourth-order valence-electron chi connectivity index (χ4n) is 2.24. The summed E-state index contributed by atoms with van der Waals surface area (Å²) in [4.78, 5) is 35.7. The Kier molecular flexibility index (Phi) is 2.95. The number of amides is 3. The van der Waals surface area contributed by atoms with Gasteiger partial charge in [0.15, 0.2) is 0 Å². The first-order valence-electron chi connectivity index (χ1n) is 6.29. The summed E-state index contributed by atoms with van der Waals surface area (Å²) in [6.07, 6.45) is 4.28. The molecule has 3 amide bonds. The Balaban J connectivity index is 1.52. The van der Waals surface area contributed by atoms with Gasteiger partial charge in [-0.1, -0.05) is 24.3 Å². The molecule has 0 aromatic heterocycles. The highest BCUT2D eigenvalue weighted by Gasteiger charge is 2.24. The number of carbonyl (C=O) groups is 3. The van der Waals surface area contributed by atoms with Gasteiger partial charge in [-0.2, -0.15) is 0 Å². The molecular weight excluding hydrogens is 256 g/mol. The minimum atomic E-state index is -0.336. The number of imide groups is 1. The van der Waals surface area contributed by atoms with Crippen molar-refractivity contribution in [3.8, 4) is 0 Å². The van der Waals surface area contributed by atoms with E-state index in [0.29, 0.717) is 5.57 Å². The molecule has 100 valence electrons. The number of fused-ring (bicyclic) bond motifs is 1. The second-order valence-electron chi connectivity index (χ2n) is 4.56. The van der Waals surface area contributed by atoms with E-state index in [2.05, 4.69) is 5.32 Å². The largest absolute Gasteiger partial charge is 0.350 e. The molecule has 0 bridgehead atoms. The first kappa shape index (κ1) is 12.3. The van der Waals surface area contributed by atoms with Gasteiger partial charge >= 0.3 is 0 Å². The molecule has 0 fully saturated rings. The number of hydrogen-bond donors (Lipinski definition) is 1. The van der Waals surface area contributed by atoms with Crippen LogP contribution in [0.2, 0.25) is 0 Å². The van der Waals surface area contributed by atoms with Crippen LogP contribution in [0.15, 0.2) is 36.4 Å². The van der Waals surface area contributed by atoms with Crippen LogP contribution in [0.25, 0.3) is 11.6 Å². The number of nitrogens with one attached hydrogen (secondary N) is 1. The first-order valence-corrected chi connectivity index (χ1v) is 6.29. The second kappa shape index (κ2) is 4.77. The number of nitrogens with zero attached hydrogens (tertiary/aromatic N) is 1. The normalized spacial score (nSPS) is 15.8. The van der Waals surface area contributed by atoms with Gasteiger partial charge in [0, 0.05) is 30.8 Å². The van der Waals surface area contributed by atoms with Gasteiger partial charge in [-0.3, -0.25) is 19.3 Å². The summed E-state index contributed by atoms with van der Waals surface area (Å²) in [6, 6.07) is 7.63. The van der Waals surface area contributed by atoms with Crippen LogP contribution in [0.5, 0.6) is 0 Å². The van der Waals surface area contributed by atoms with Gasteiger partial charge in [-0.25, -0.2) is 0 Å². The smallest absolute Gasteiger partial charge is 0.253 e. The Bertz CT molecular complexity index is 655. The van der Waals surface area contributed by atoms with Crippen molar-refractivity contribution in [3.63, 3.8) is 0 Å². The Morgan fingerprint density at radius 1 is 1.10 bits per heavy atom. The van der Waals surface area contributed by atoms with E-state index in [1.165, 1.54) is 12.2 Å². The second-order valence-corrected chi connectivity index (χ2v) is 4.56. The number of rotatable bonds is 4. The summed E-state index contributed by atoms with van der Waals surface area (Å²) in [5.41, 5.74) is 2.62. The van der Waals surface area contributed by atoms with Crippen molar-refractivity contribution in [2.45, 2.75) is 0 Å². The SMILES string of the molecule is O=C(NCCN1C(=O)C=CC1=O)C1=Cc2ccccc21. The van der Waals surface area contributed by atoms with E-state index in [0.717, 1.165) is 16.0 Å². The van der Waals surface area contributed by atoms with Gasteiger partial charge in [-0.05, 0) is 17.2 Å². The Morgan fingerprint density at radius 2 is 1.80 bits per heavy atom. The zero-order valence-electron chi connectivity index (χ0n) is 10.6. The van der Waals surface area contributed by atoms with Crippen LogP contribution in [0.4, 0.5) is 0 Å². The average Bonchev–Trinajstić information content (AvgIpc) is 2.72. The summed E-state index contributed by atoms with van der Waals surface area (Å²) >= 11 is 0. The molecule has 2 aliphatic rings. The molecular formula is C15H12N2O3. The fraction of sp³-hybridized carbons (Fsp3) is 0.133. The van der Waals surface area contributed by atoms with Crippen molar-refractivity contribution in [1.29, 1.82) is 0 Å². The van der Waals surface area contributed by atoms with Crippen LogP contribution < -0.4 is 5.32 Å². The van der Waals surface area contributed by atoms with Gasteiger partial charge < -0.3 is 5.32 Å². The van der Waals surface area contributed by atoms with E-state index in [9.17, 15) is 14.4 Å². The zero-order chi connectivity index (χ0) is 14.1. The molecule has 5 heteroatoms. The van der Waals surface area contributed by atoms with Crippen molar-refractivity contribution in [2.24, 2.45) is 0 Å². The number of hydrogen-bond acceptors (Lipinski definition) is 3. The molecule has 1 aliphatic carbocycles. The summed E-state index contributed by atoms with van der Waals surface area (Å²) < 4.78 is 0. The molecule has 1 heterocycles. The van der Waals surface area contributed by atoms with Crippen molar-refractivity contribution >= 4 is 29.4 Å². The standard InChI is InChI=1S/C15H12N2O3/c18-13-5-6-14(19)17(13)8-7-16-15(20)12-9-10-3-1-2-4-11(10)12/h1-6,9H,7-8H2,(H,16,20). The summed E-state index contributed by atoms with van der Waals surface area (Å²) in [5, 5.41) is 2.71. The highest BCUT2D eigenvalue weighted by atomic mass is 16.2. The monoisotopic (exact) mass is 268 g/mol. The van der Waals surface area contributed by atoms with E-state index in [1.807, 2.05) is 30.3 Å². The van der Waals surface area contributed by atoms with Crippen LogP contribution in [0.3, 0.4) is 0 Å². The molecule has 20 heavy (non-hydrogen) atoms.